The van der Waals surface area contributed by atoms with Crippen LogP contribution < -0.4 is 5.32 Å². The van der Waals surface area contributed by atoms with E-state index in [1.807, 2.05) is 0 Å². The largest absolute Gasteiger partial charge is 0.388 e. The summed E-state index contributed by atoms with van der Waals surface area (Å²) in [6, 6.07) is 1.60. The van der Waals surface area contributed by atoms with Crippen LogP contribution in [-0.2, 0) is 4.74 Å². The van der Waals surface area contributed by atoms with Gasteiger partial charge in [-0.05, 0) is 13.0 Å². The van der Waals surface area contributed by atoms with Gasteiger partial charge in [0.15, 0.2) is 0 Å². The molecule has 0 fully saturated rings. The first kappa shape index (κ1) is 14.5. The van der Waals surface area contributed by atoms with Crippen LogP contribution in [0.3, 0.4) is 0 Å². The van der Waals surface area contributed by atoms with Crippen molar-refractivity contribution in [3.05, 3.63) is 22.3 Å². The topological polar surface area (TPSA) is 54.4 Å². The fourth-order valence-electron chi connectivity index (χ4n) is 1.23. The number of anilines is 1. The van der Waals surface area contributed by atoms with Gasteiger partial charge < -0.3 is 15.2 Å². The minimum atomic E-state index is -0.874. The van der Waals surface area contributed by atoms with Crippen LogP contribution in [0.15, 0.2) is 12.3 Å². The minimum Gasteiger partial charge on any atom is -0.388 e. The first-order chi connectivity index (χ1) is 7.94. The first-order valence-electron chi connectivity index (χ1n) is 5.21. The Kier molecular flexibility index (Phi) is 5.46. The molecule has 2 N–H and O–H groups in total. The molecule has 0 aromatic carbocycles. The summed E-state index contributed by atoms with van der Waals surface area (Å²) in [5, 5.41) is 13.9. The van der Waals surface area contributed by atoms with E-state index in [2.05, 4.69) is 10.3 Å². The molecular formula is C11H16Cl2N2O2. The van der Waals surface area contributed by atoms with E-state index in [0.717, 1.165) is 0 Å². The summed E-state index contributed by atoms with van der Waals surface area (Å²) in [5.41, 5.74) is -0.874. The molecular weight excluding hydrogens is 263 g/mol. The van der Waals surface area contributed by atoms with Gasteiger partial charge in [0.1, 0.15) is 5.82 Å². The van der Waals surface area contributed by atoms with Crippen molar-refractivity contribution in [2.24, 2.45) is 0 Å². The van der Waals surface area contributed by atoms with E-state index in [1.54, 1.807) is 20.1 Å². The number of hydrogen-bond acceptors (Lipinski definition) is 4. The van der Waals surface area contributed by atoms with Gasteiger partial charge in [0, 0.05) is 32.9 Å². The number of aliphatic hydroxyl groups is 1. The van der Waals surface area contributed by atoms with Crippen LogP contribution in [0.1, 0.15) is 13.3 Å². The van der Waals surface area contributed by atoms with Gasteiger partial charge in [0.2, 0.25) is 0 Å². The number of rotatable bonds is 6. The summed E-state index contributed by atoms with van der Waals surface area (Å²) in [6.45, 7) is 2.56. The molecule has 1 unspecified atom stereocenters. The highest BCUT2D eigenvalue weighted by Gasteiger charge is 2.20. The lowest BCUT2D eigenvalue weighted by Gasteiger charge is -2.23. The summed E-state index contributed by atoms with van der Waals surface area (Å²) < 4.78 is 4.92. The Hall–Kier alpha value is -0.550. The average Bonchev–Trinajstić information content (AvgIpc) is 2.25. The van der Waals surface area contributed by atoms with Crippen LogP contribution in [0.5, 0.6) is 0 Å². The zero-order valence-electron chi connectivity index (χ0n) is 9.83. The molecule has 1 heterocycles. The van der Waals surface area contributed by atoms with Crippen LogP contribution in [0.25, 0.3) is 0 Å². The van der Waals surface area contributed by atoms with Crippen molar-refractivity contribution in [1.29, 1.82) is 0 Å². The van der Waals surface area contributed by atoms with Crippen molar-refractivity contribution < 1.29 is 9.84 Å². The molecule has 0 aliphatic carbocycles. The third kappa shape index (κ3) is 5.08. The summed E-state index contributed by atoms with van der Waals surface area (Å²) in [6.07, 6.45) is 2.03. The number of methoxy groups -OCH3 is 1. The molecule has 0 radical (unpaired) electrons. The fourth-order valence-corrected chi connectivity index (χ4v) is 1.68. The highest BCUT2D eigenvalue weighted by molar-refractivity contribution is 6.35. The molecule has 1 atom stereocenters. The van der Waals surface area contributed by atoms with Gasteiger partial charge in [-0.2, -0.15) is 0 Å². The maximum Gasteiger partial charge on any atom is 0.144 e. The van der Waals surface area contributed by atoms with Crippen LogP contribution in [0.2, 0.25) is 10.0 Å². The van der Waals surface area contributed by atoms with Gasteiger partial charge in [-0.3, -0.25) is 0 Å². The Morgan fingerprint density at radius 1 is 1.53 bits per heavy atom. The van der Waals surface area contributed by atoms with Crippen molar-refractivity contribution in [3.8, 4) is 0 Å². The lowest BCUT2D eigenvalue weighted by molar-refractivity contribution is 0.0357. The van der Waals surface area contributed by atoms with Crippen LogP contribution >= 0.6 is 23.2 Å². The highest BCUT2D eigenvalue weighted by Crippen LogP contribution is 2.23. The molecule has 0 aliphatic heterocycles. The molecule has 0 saturated heterocycles. The summed E-state index contributed by atoms with van der Waals surface area (Å²) in [5.74, 6) is 0.508. The number of pyridine rings is 1. The number of nitrogens with zero attached hydrogens (tertiary/aromatic N) is 1. The minimum absolute atomic E-state index is 0.338. The molecule has 1 rings (SSSR count). The Morgan fingerprint density at radius 2 is 2.24 bits per heavy atom. The van der Waals surface area contributed by atoms with E-state index in [9.17, 15) is 5.11 Å². The van der Waals surface area contributed by atoms with E-state index in [4.69, 9.17) is 27.9 Å². The molecule has 1 aromatic rings. The van der Waals surface area contributed by atoms with Gasteiger partial charge in [0.25, 0.3) is 0 Å². The zero-order valence-corrected chi connectivity index (χ0v) is 11.3. The van der Waals surface area contributed by atoms with E-state index < -0.39 is 5.60 Å². The standard InChI is InChI=1S/C11H16Cl2N2O2/c1-11(16,3-4-17-2)7-15-10-9(13)5-8(12)6-14-10/h5-6,16H,3-4,7H2,1-2H3,(H,14,15). The smallest absolute Gasteiger partial charge is 0.144 e. The summed E-state index contributed by atoms with van der Waals surface area (Å²) in [4.78, 5) is 4.04. The monoisotopic (exact) mass is 278 g/mol. The summed E-state index contributed by atoms with van der Waals surface area (Å²) in [7, 11) is 1.60. The predicted octanol–water partition coefficient (Wildman–Crippen LogP) is 2.59. The van der Waals surface area contributed by atoms with Gasteiger partial charge in [-0.25, -0.2) is 4.98 Å². The number of aromatic nitrogens is 1. The molecule has 1 aromatic heterocycles. The Balaban J connectivity index is 2.54. The number of ether oxygens (including phenoxy) is 1. The van der Waals surface area contributed by atoms with Crippen molar-refractivity contribution >= 4 is 29.0 Å². The first-order valence-corrected chi connectivity index (χ1v) is 5.96. The predicted molar refractivity (Wildman–Crippen MR) is 69.9 cm³/mol. The quantitative estimate of drug-likeness (QED) is 0.840. The lowest BCUT2D eigenvalue weighted by Crippen LogP contribution is -2.34. The maximum atomic E-state index is 10.0. The summed E-state index contributed by atoms with van der Waals surface area (Å²) >= 11 is 11.7. The SMILES string of the molecule is COCCC(C)(O)CNc1ncc(Cl)cc1Cl. The number of hydrogen-bond donors (Lipinski definition) is 2. The third-order valence-electron chi connectivity index (χ3n) is 2.29. The van der Waals surface area contributed by atoms with Crippen molar-refractivity contribution in [1.82, 2.24) is 4.98 Å². The normalized spacial score (nSPS) is 14.4. The second-order valence-electron chi connectivity index (χ2n) is 4.08. The van der Waals surface area contributed by atoms with Crippen LogP contribution in [-0.4, -0.2) is 36.0 Å². The van der Waals surface area contributed by atoms with E-state index in [0.29, 0.717) is 35.4 Å². The molecule has 0 amide bonds. The van der Waals surface area contributed by atoms with Crippen molar-refractivity contribution in [3.63, 3.8) is 0 Å². The molecule has 6 heteroatoms. The average molecular weight is 279 g/mol. The molecule has 17 heavy (non-hydrogen) atoms. The Morgan fingerprint density at radius 3 is 2.82 bits per heavy atom. The second-order valence-corrected chi connectivity index (χ2v) is 4.92. The van der Waals surface area contributed by atoms with E-state index in [1.165, 1.54) is 6.20 Å². The highest BCUT2D eigenvalue weighted by atomic mass is 35.5. The second kappa shape index (κ2) is 6.40. The molecule has 0 saturated carbocycles. The Bertz CT molecular complexity index is 372. The van der Waals surface area contributed by atoms with Gasteiger partial charge in [0.05, 0.1) is 15.6 Å². The number of halogens is 2. The molecule has 96 valence electrons. The maximum absolute atomic E-state index is 10.0. The van der Waals surface area contributed by atoms with Crippen LogP contribution in [0, 0.1) is 0 Å². The zero-order chi connectivity index (χ0) is 12.9. The van der Waals surface area contributed by atoms with E-state index in [-0.39, 0.29) is 0 Å². The molecule has 0 spiro atoms. The molecule has 0 aliphatic rings. The Labute approximate surface area is 111 Å². The fraction of sp³-hybridized carbons (Fsp3) is 0.545. The number of nitrogens with one attached hydrogen (secondary N) is 1. The van der Waals surface area contributed by atoms with Gasteiger partial charge >= 0.3 is 0 Å². The molecule has 4 nitrogen and oxygen atoms in total. The van der Waals surface area contributed by atoms with Crippen LogP contribution in [0.4, 0.5) is 5.82 Å². The van der Waals surface area contributed by atoms with Gasteiger partial charge in [-0.1, -0.05) is 23.2 Å². The van der Waals surface area contributed by atoms with E-state index >= 15 is 0 Å². The van der Waals surface area contributed by atoms with Crippen molar-refractivity contribution in [2.45, 2.75) is 18.9 Å². The van der Waals surface area contributed by atoms with Gasteiger partial charge in [-0.15, -0.1) is 0 Å². The third-order valence-corrected chi connectivity index (χ3v) is 2.78. The lowest BCUT2D eigenvalue weighted by atomic mass is 10.0. The van der Waals surface area contributed by atoms with Crippen molar-refractivity contribution in [2.75, 3.05) is 25.6 Å². The molecule has 0 bridgehead atoms.